The van der Waals surface area contributed by atoms with Crippen LogP contribution < -0.4 is 10.1 Å². The zero-order valence-electron chi connectivity index (χ0n) is 10.6. The summed E-state index contributed by atoms with van der Waals surface area (Å²) in [7, 11) is 1.41. The number of methoxy groups -OCH3 is 1. The number of anilines is 1. The Hall–Kier alpha value is -2.96. The van der Waals surface area contributed by atoms with Crippen LogP contribution in [0.15, 0.2) is 42.6 Å². The average molecular weight is 273 g/mol. The predicted octanol–water partition coefficient (Wildman–Crippen LogP) is 2.25. The molecule has 102 valence electrons. The van der Waals surface area contributed by atoms with Crippen molar-refractivity contribution in [2.75, 3.05) is 12.4 Å². The first-order valence-corrected chi connectivity index (χ1v) is 5.66. The zero-order valence-corrected chi connectivity index (χ0v) is 10.6. The van der Waals surface area contributed by atoms with Gasteiger partial charge in [0, 0.05) is 18.3 Å². The fraction of sp³-hybridized carbons (Fsp3) is 0.0769. The van der Waals surface area contributed by atoms with Gasteiger partial charge in [0.25, 0.3) is 11.6 Å². The Balaban J connectivity index is 2.30. The van der Waals surface area contributed by atoms with E-state index in [2.05, 4.69) is 10.3 Å². The molecule has 2 aromatic rings. The first kappa shape index (κ1) is 13.5. The highest BCUT2D eigenvalue weighted by atomic mass is 16.6. The number of nitro groups is 1. The number of pyridine rings is 1. The Bertz CT molecular complexity index is 643. The Kier molecular flexibility index (Phi) is 3.90. The number of nitrogens with zero attached hydrogens (tertiary/aromatic N) is 2. The van der Waals surface area contributed by atoms with E-state index in [9.17, 15) is 14.9 Å². The second-order valence-electron chi connectivity index (χ2n) is 3.81. The summed E-state index contributed by atoms with van der Waals surface area (Å²) < 4.78 is 5.06. The van der Waals surface area contributed by atoms with E-state index in [-0.39, 0.29) is 17.1 Å². The lowest BCUT2D eigenvalue weighted by Gasteiger charge is -2.09. The number of ether oxygens (including phenoxy) is 1. The summed E-state index contributed by atoms with van der Waals surface area (Å²) in [5.41, 5.74) is 0.292. The van der Waals surface area contributed by atoms with E-state index in [1.807, 2.05) is 0 Å². The molecular weight excluding hydrogens is 262 g/mol. The van der Waals surface area contributed by atoms with Crippen molar-refractivity contribution in [1.82, 2.24) is 4.98 Å². The van der Waals surface area contributed by atoms with Crippen molar-refractivity contribution in [3.63, 3.8) is 0 Å². The molecule has 1 N–H and O–H groups in total. The van der Waals surface area contributed by atoms with Gasteiger partial charge in [-0.25, -0.2) is 0 Å². The van der Waals surface area contributed by atoms with Gasteiger partial charge in [-0.1, -0.05) is 6.07 Å². The van der Waals surface area contributed by atoms with Gasteiger partial charge in [0.1, 0.15) is 11.4 Å². The van der Waals surface area contributed by atoms with Gasteiger partial charge in [-0.05, 0) is 18.2 Å². The summed E-state index contributed by atoms with van der Waals surface area (Å²) >= 11 is 0. The van der Waals surface area contributed by atoms with Crippen LogP contribution in [-0.2, 0) is 0 Å². The van der Waals surface area contributed by atoms with Gasteiger partial charge < -0.3 is 10.1 Å². The largest absolute Gasteiger partial charge is 0.495 e. The number of rotatable bonds is 4. The topological polar surface area (TPSA) is 94.4 Å². The SMILES string of the molecule is COc1ccc([N+](=O)[O-])cc1NC(=O)c1ccccn1. The Morgan fingerprint density at radius 2 is 2.15 bits per heavy atom. The van der Waals surface area contributed by atoms with E-state index >= 15 is 0 Å². The number of non-ortho nitro benzene ring substituents is 1. The summed E-state index contributed by atoms with van der Waals surface area (Å²) in [5.74, 6) is -0.135. The summed E-state index contributed by atoms with van der Waals surface area (Å²) in [4.78, 5) is 26.1. The third kappa shape index (κ3) is 2.89. The molecule has 0 unspecified atom stereocenters. The highest BCUT2D eigenvalue weighted by Crippen LogP contribution is 2.29. The molecule has 0 bridgehead atoms. The highest BCUT2D eigenvalue weighted by molar-refractivity contribution is 6.03. The molecule has 7 heteroatoms. The smallest absolute Gasteiger partial charge is 0.274 e. The fourth-order valence-electron chi connectivity index (χ4n) is 1.59. The van der Waals surface area contributed by atoms with Gasteiger partial charge in [0.05, 0.1) is 17.7 Å². The molecule has 0 aliphatic rings. The van der Waals surface area contributed by atoms with Crippen LogP contribution in [0.3, 0.4) is 0 Å². The summed E-state index contributed by atoms with van der Waals surface area (Å²) in [5, 5.41) is 13.3. The van der Waals surface area contributed by atoms with Crippen molar-refractivity contribution < 1.29 is 14.5 Å². The highest BCUT2D eigenvalue weighted by Gasteiger charge is 2.14. The van der Waals surface area contributed by atoms with Gasteiger partial charge in [-0.3, -0.25) is 19.9 Å². The maximum Gasteiger partial charge on any atom is 0.274 e. The maximum absolute atomic E-state index is 12.0. The van der Waals surface area contributed by atoms with Crippen LogP contribution in [-0.4, -0.2) is 22.9 Å². The van der Waals surface area contributed by atoms with E-state index in [1.54, 1.807) is 18.2 Å². The molecule has 1 aromatic heterocycles. The number of hydrogen-bond acceptors (Lipinski definition) is 5. The number of nitrogens with one attached hydrogen (secondary N) is 1. The molecule has 2 rings (SSSR count). The molecule has 7 nitrogen and oxygen atoms in total. The molecule has 1 heterocycles. The average Bonchev–Trinajstić information content (AvgIpc) is 2.48. The molecular formula is C13H11N3O4. The molecule has 0 radical (unpaired) electrons. The first-order chi connectivity index (χ1) is 9.61. The molecule has 20 heavy (non-hydrogen) atoms. The van der Waals surface area contributed by atoms with Crippen LogP contribution in [0.5, 0.6) is 5.75 Å². The van der Waals surface area contributed by atoms with Crippen molar-refractivity contribution in [2.24, 2.45) is 0 Å². The number of benzene rings is 1. The molecule has 0 aliphatic heterocycles. The van der Waals surface area contributed by atoms with Gasteiger partial charge >= 0.3 is 0 Å². The second kappa shape index (κ2) is 5.79. The number of carbonyl (C=O) groups is 1. The number of hydrogen-bond donors (Lipinski definition) is 1. The molecule has 0 atom stereocenters. The molecule has 1 aromatic carbocycles. The van der Waals surface area contributed by atoms with Gasteiger partial charge in [-0.15, -0.1) is 0 Å². The van der Waals surface area contributed by atoms with Crippen LogP contribution in [0.2, 0.25) is 0 Å². The van der Waals surface area contributed by atoms with Crippen molar-refractivity contribution >= 4 is 17.3 Å². The molecule has 0 spiro atoms. The standard InChI is InChI=1S/C13H11N3O4/c1-20-12-6-5-9(16(18)19)8-11(12)15-13(17)10-4-2-3-7-14-10/h2-8H,1H3,(H,15,17). The Labute approximate surface area is 114 Å². The van der Waals surface area contributed by atoms with Crippen LogP contribution >= 0.6 is 0 Å². The fourth-order valence-corrected chi connectivity index (χ4v) is 1.59. The lowest BCUT2D eigenvalue weighted by Crippen LogP contribution is -2.14. The minimum atomic E-state index is -0.546. The molecule has 0 saturated carbocycles. The third-order valence-electron chi connectivity index (χ3n) is 2.54. The molecule has 0 fully saturated rings. The van der Waals surface area contributed by atoms with Gasteiger partial charge in [-0.2, -0.15) is 0 Å². The van der Waals surface area contributed by atoms with E-state index < -0.39 is 10.8 Å². The van der Waals surface area contributed by atoms with Crippen LogP contribution in [0, 0.1) is 10.1 Å². The summed E-state index contributed by atoms with van der Waals surface area (Å²) in [6, 6.07) is 8.86. The number of aromatic nitrogens is 1. The minimum absolute atomic E-state index is 0.137. The Morgan fingerprint density at radius 1 is 1.35 bits per heavy atom. The second-order valence-corrected chi connectivity index (χ2v) is 3.81. The molecule has 1 amide bonds. The quantitative estimate of drug-likeness (QED) is 0.681. The van der Waals surface area contributed by atoms with E-state index in [1.165, 1.54) is 31.5 Å². The number of carbonyl (C=O) groups excluding carboxylic acids is 1. The monoisotopic (exact) mass is 273 g/mol. The van der Waals surface area contributed by atoms with Crippen molar-refractivity contribution in [3.8, 4) is 5.75 Å². The van der Waals surface area contributed by atoms with Gasteiger partial charge in [0.15, 0.2) is 0 Å². The minimum Gasteiger partial charge on any atom is -0.495 e. The number of amides is 1. The molecule has 0 aliphatic carbocycles. The normalized spacial score (nSPS) is 9.85. The van der Waals surface area contributed by atoms with E-state index in [0.29, 0.717) is 5.75 Å². The number of nitro benzene ring substituents is 1. The summed E-state index contributed by atoms with van der Waals surface area (Å²) in [6.07, 6.45) is 1.49. The molecule has 0 saturated heterocycles. The van der Waals surface area contributed by atoms with E-state index in [0.717, 1.165) is 0 Å². The predicted molar refractivity (Wildman–Crippen MR) is 71.8 cm³/mol. The van der Waals surface area contributed by atoms with Crippen molar-refractivity contribution in [1.29, 1.82) is 0 Å². The lowest BCUT2D eigenvalue weighted by molar-refractivity contribution is -0.384. The third-order valence-corrected chi connectivity index (χ3v) is 2.54. The summed E-state index contributed by atoms with van der Waals surface area (Å²) in [6.45, 7) is 0. The first-order valence-electron chi connectivity index (χ1n) is 5.66. The maximum atomic E-state index is 12.0. The van der Waals surface area contributed by atoms with Gasteiger partial charge in [0.2, 0.25) is 0 Å². The van der Waals surface area contributed by atoms with Crippen molar-refractivity contribution in [2.45, 2.75) is 0 Å². The van der Waals surface area contributed by atoms with Crippen LogP contribution in [0.4, 0.5) is 11.4 Å². The van der Waals surface area contributed by atoms with E-state index in [4.69, 9.17) is 4.74 Å². The zero-order chi connectivity index (χ0) is 14.5. The van der Waals surface area contributed by atoms with Crippen LogP contribution in [0.1, 0.15) is 10.5 Å². The van der Waals surface area contributed by atoms with Crippen molar-refractivity contribution in [3.05, 3.63) is 58.4 Å². The lowest BCUT2D eigenvalue weighted by atomic mass is 10.2. The Morgan fingerprint density at radius 3 is 2.75 bits per heavy atom. The van der Waals surface area contributed by atoms with Crippen LogP contribution in [0.25, 0.3) is 0 Å².